The lowest BCUT2D eigenvalue weighted by Gasteiger charge is -2.45. The zero-order valence-electron chi connectivity index (χ0n) is 21.1. The number of fused-ring (bicyclic) bond motifs is 1. The Balaban J connectivity index is 1.36. The molecule has 1 aliphatic heterocycles. The summed E-state index contributed by atoms with van der Waals surface area (Å²) in [6.45, 7) is 15.0. The fraction of sp³-hybridized carbons (Fsp3) is 0.786. The van der Waals surface area contributed by atoms with Gasteiger partial charge in [-0.25, -0.2) is 4.31 Å². The van der Waals surface area contributed by atoms with Crippen LogP contribution in [-0.2, 0) is 0 Å². The van der Waals surface area contributed by atoms with Gasteiger partial charge in [0.25, 0.3) is 0 Å². The molecule has 0 spiro atoms. The fourth-order valence-corrected chi connectivity index (χ4v) is 7.89. The van der Waals surface area contributed by atoms with Gasteiger partial charge in [-0.3, -0.25) is 0 Å². The molecule has 1 heterocycles. The highest BCUT2D eigenvalue weighted by Crippen LogP contribution is 2.59. The van der Waals surface area contributed by atoms with Crippen LogP contribution in [0, 0.1) is 23.2 Å². The van der Waals surface area contributed by atoms with Gasteiger partial charge >= 0.3 is 0 Å². The van der Waals surface area contributed by atoms with Crippen LogP contribution in [0.15, 0.2) is 35.5 Å². The topological polar surface area (TPSA) is 46.9 Å². The fourth-order valence-electron chi connectivity index (χ4n) is 7.36. The summed E-state index contributed by atoms with van der Waals surface area (Å²) in [6.07, 6.45) is 14.7. The molecule has 2 N–H and O–H groups in total. The third-order valence-electron chi connectivity index (χ3n) is 9.52. The van der Waals surface area contributed by atoms with Gasteiger partial charge in [-0.1, -0.05) is 55.7 Å². The Morgan fingerprint density at radius 3 is 2.48 bits per heavy atom. The van der Waals surface area contributed by atoms with E-state index < -0.39 is 12.2 Å². The van der Waals surface area contributed by atoms with Gasteiger partial charge in [-0.05, 0) is 92.9 Å². The molecule has 3 aliphatic carbocycles. The van der Waals surface area contributed by atoms with Crippen molar-refractivity contribution >= 4 is 11.9 Å². The lowest BCUT2D eigenvalue weighted by atomic mass is 9.61. The summed E-state index contributed by atoms with van der Waals surface area (Å²) >= 11 is 1.89. The van der Waals surface area contributed by atoms with Gasteiger partial charge in [0, 0.05) is 26.2 Å². The van der Waals surface area contributed by atoms with Gasteiger partial charge in [-0.15, -0.1) is 0 Å². The summed E-state index contributed by atoms with van der Waals surface area (Å²) in [6, 6.07) is 0. The van der Waals surface area contributed by atoms with E-state index in [1.165, 1.54) is 71.2 Å². The van der Waals surface area contributed by atoms with Gasteiger partial charge in [-0.2, -0.15) is 0 Å². The number of allylic oxidation sites excluding steroid dienone is 3. The van der Waals surface area contributed by atoms with Crippen molar-refractivity contribution in [1.29, 1.82) is 0 Å². The molecule has 3 saturated carbocycles. The maximum atomic E-state index is 10.2. The molecule has 0 amide bonds. The van der Waals surface area contributed by atoms with Crippen molar-refractivity contribution in [3.05, 3.63) is 35.5 Å². The van der Waals surface area contributed by atoms with Gasteiger partial charge < -0.3 is 15.1 Å². The van der Waals surface area contributed by atoms with Crippen molar-refractivity contribution in [2.75, 3.05) is 39.0 Å². The van der Waals surface area contributed by atoms with E-state index in [0.717, 1.165) is 17.4 Å². The molecule has 0 radical (unpaired) electrons. The smallest absolute Gasteiger partial charge is 0.0809 e. The second kappa shape index (κ2) is 11.0. The average Bonchev–Trinajstić information content (AvgIpc) is 3.17. The Bertz CT molecular complexity index is 741. The van der Waals surface area contributed by atoms with Crippen LogP contribution < -0.4 is 0 Å². The predicted octanol–water partition coefficient (Wildman–Crippen LogP) is 5.05. The molecule has 0 bridgehead atoms. The Kier molecular flexibility index (Phi) is 8.49. The maximum Gasteiger partial charge on any atom is 0.0809 e. The van der Waals surface area contributed by atoms with E-state index in [1.54, 1.807) is 5.57 Å². The Morgan fingerprint density at radius 1 is 1.12 bits per heavy atom. The van der Waals surface area contributed by atoms with Crippen molar-refractivity contribution in [3.63, 3.8) is 0 Å². The summed E-state index contributed by atoms with van der Waals surface area (Å²) in [5, 5.41) is 20.4. The predicted molar refractivity (Wildman–Crippen MR) is 140 cm³/mol. The van der Waals surface area contributed by atoms with Gasteiger partial charge in [0.1, 0.15) is 0 Å². The molecule has 6 atom stereocenters. The van der Waals surface area contributed by atoms with Crippen LogP contribution in [0.1, 0.15) is 65.2 Å². The zero-order valence-corrected chi connectivity index (χ0v) is 22.0. The van der Waals surface area contributed by atoms with Crippen molar-refractivity contribution in [3.8, 4) is 0 Å². The number of nitrogens with zero attached hydrogens (tertiary/aromatic N) is 2. The van der Waals surface area contributed by atoms with Crippen LogP contribution in [0.2, 0.25) is 0 Å². The van der Waals surface area contributed by atoms with Crippen LogP contribution in [0.3, 0.4) is 0 Å². The molecule has 4 rings (SSSR count). The average molecular weight is 475 g/mol. The molecule has 0 aromatic heterocycles. The highest BCUT2D eigenvalue weighted by molar-refractivity contribution is 7.96. The number of rotatable bonds is 6. The monoisotopic (exact) mass is 474 g/mol. The van der Waals surface area contributed by atoms with Crippen LogP contribution in [-0.4, -0.2) is 70.6 Å². The molecule has 33 heavy (non-hydrogen) atoms. The second-order valence-electron chi connectivity index (χ2n) is 11.4. The number of aliphatic hydroxyl groups excluding tert-OH is 2. The van der Waals surface area contributed by atoms with E-state index in [0.29, 0.717) is 29.7 Å². The molecule has 4 aliphatic rings. The first-order chi connectivity index (χ1) is 15.8. The normalized spacial score (nSPS) is 38.5. The number of piperazine rings is 1. The lowest BCUT2D eigenvalue weighted by Crippen LogP contribution is -2.44. The summed E-state index contributed by atoms with van der Waals surface area (Å²) in [5.74, 6) is 2.31. The summed E-state index contributed by atoms with van der Waals surface area (Å²) in [4.78, 5) is 2.68. The van der Waals surface area contributed by atoms with Crippen molar-refractivity contribution in [2.45, 2.75) is 77.4 Å². The van der Waals surface area contributed by atoms with Crippen LogP contribution in [0.4, 0.5) is 0 Å². The van der Waals surface area contributed by atoms with E-state index in [-0.39, 0.29) is 0 Å². The number of aliphatic hydroxyl groups is 2. The Morgan fingerprint density at radius 2 is 1.82 bits per heavy atom. The molecule has 4 fully saturated rings. The molecule has 0 unspecified atom stereocenters. The van der Waals surface area contributed by atoms with E-state index in [1.807, 2.05) is 11.9 Å². The SMILES string of the molecule is C=C1[C@H](O)CC(=C/C=C2\CCC[C@]3(C)[C@@H]([C@H](C)CCN4CCN(SC)CC4)CC[C@@H]23)C[C@H]1O. The quantitative estimate of drug-likeness (QED) is 0.417. The molecule has 0 aromatic rings. The standard InChI is InChI=1S/C28H46N2O2S/c1-20(11-13-29-14-16-30(33-4)17-15-29)24-9-10-25-23(6-5-12-28(24,25)3)8-7-22-18-26(31)21(2)27(32)19-22/h7-8,20,24-27,31-32H,2,5-6,9-19H2,1,3-4H3/b23-8+/t20-,24-,25+,26-,27-,28-/m1/s1. The molecular weight excluding hydrogens is 428 g/mol. The zero-order chi connectivity index (χ0) is 23.6. The summed E-state index contributed by atoms with van der Waals surface area (Å²) in [7, 11) is 0. The maximum absolute atomic E-state index is 10.2. The van der Waals surface area contributed by atoms with E-state index >= 15 is 0 Å². The Hall–Kier alpha value is -0.590. The first-order valence-corrected chi connectivity index (χ1v) is 14.4. The Labute approximate surface area is 206 Å². The molecule has 0 aromatic carbocycles. The molecular formula is C28H46N2O2S. The third kappa shape index (κ3) is 5.64. The van der Waals surface area contributed by atoms with Crippen LogP contribution >= 0.6 is 11.9 Å². The van der Waals surface area contributed by atoms with Crippen LogP contribution in [0.5, 0.6) is 0 Å². The van der Waals surface area contributed by atoms with Gasteiger partial charge in [0.2, 0.25) is 0 Å². The molecule has 5 heteroatoms. The summed E-state index contributed by atoms with van der Waals surface area (Å²) in [5.41, 5.74) is 3.78. The second-order valence-corrected chi connectivity index (χ2v) is 12.3. The van der Waals surface area contributed by atoms with Crippen LogP contribution in [0.25, 0.3) is 0 Å². The third-order valence-corrected chi connectivity index (χ3v) is 10.4. The number of hydrogen-bond acceptors (Lipinski definition) is 5. The van der Waals surface area contributed by atoms with Gasteiger partial charge in [0.15, 0.2) is 0 Å². The van der Waals surface area contributed by atoms with Crippen molar-refractivity contribution in [1.82, 2.24) is 9.21 Å². The number of hydrogen-bond donors (Lipinski definition) is 2. The first-order valence-electron chi connectivity index (χ1n) is 13.3. The van der Waals surface area contributed by atoms with Crippen molar-refractivity contribution < 1.29 is 10.2 Å². The summed E-state index contributed by atoms with van der Waals surface area (Å²) < 4.78 is 2.48. The highest BCUT2D eigenvalue weighted by atomic mass is 32.2. The minimum Gasteiger partial charge on any atom is -0.388 e. The van der Waals surface area contributed by atoms with Gasteiger partial charge in [0.05, 0.1) is 12.2 Å². The van der Waals surface area contributed by atoms with E-state index in [4.69, 9.17) is 0 Å². The molecule has 186 valence electrons. The molecule has 1 saturated heterocycles. The first kappa shape index (κ1) is 25.5. The van der Waals surface area contributed by atoms with E-state index in [2.05, 4.69) is 48.0 Å². The molecule has 4 nitrogen and oxygen atoms in total. The van der Waals surface area contributed by atoms with E-state index in [9.17, 15) is 10.2 Å². The minimum atomic E-state index is -0.601. The minimum absolute atomic E-state index is 0.430. The van der Waals surface area contributed by atoms with Crippen molar-refractivity contribution in [2.24, 2.45) is 23.2 Å². The lowest BCUT2D eigenvalue weighted by molar-refractivity contribution is 0.0856. The largest absolute Gasteiger partial charge is 0.388 e. The highest BCUT2D eigenvalue weighted by Gasteiger charge is 2.50.